The molecule has 1 unspecified atom stereocenters. The molecular formula is C17H33N3O2. The highest BCUT2D eigenvalue weighted by Gasteiger charge is 2.22. The molecule has 1 atom stereocenters. The SMILES string of the molecule is CC(C)C(CNC(=O)OC(C)(C)C)NCC(C)(C)CCC#N. The summed E-state index contributed by atoms with van der Waals surface area (Å²) in [5.74, 6) is 0.390. The fourth-order valence-electron chi connectivity index (χ4n) is 1.94. The monoisotopic (exact) mass is 311 g/mol. The molecule has 0 spiro atoms. The van der Waals surface area contributed by atoms with Crippen LogP contribution in [0.5, 0.6) is 0 Å². The summed E-state index contributed by atoms with van der Waals surface area (Å²) in [5.41, 5.74) is -0.418. The first-order chi connectivity index (χ1) is 9.97. The van der Waals surface area contributed by atoms with Crippen molar-refractivity contribution in [3.63, 3.8) is 0 Å². The van der Waals surface area contributed by atoms with Gasteiger partial charge in [0.2, 0.25) is 0 Å². The second kappa shape index (κ2) is 8.99. The number of nitrogens with one attached hydrogen (secondary N) is 2. The minimum absolute atomic E-state index is 0.0643. The predicted octanol–water partition coefficient (Wildman–Crippen LogP) is 3.46. The Labute approximate surface area is 135 Å². The smallest absolute Gasteiger partial charge is 0.407 e. The quantitative estimate of drug-likeness (QED) is 0.720. The molecule has 0 bridgehead atoms. The highest BCUT2D eigenvalue weighted by molar-refractivity contribution is 5.67. The Morgan fingerprint density at radius 1 is 1.23 bits per heavy atom. The van der Waals surface area contributed by atoms with E-state index in [0.29, 0.717) is 18.9 Å². The number of rotatable bonds is 8. The van der Waals surface area contributed by atoms with Gasteiger partial charge in [0, 0.05) is 25.6 Å². The van der Waals surface area contributed by atoms with Gasteiger partial charge in [-0.15, -0.1) is 0 Å². The maximum absolute atomic E-state index is 11.7. The number of nitrogens with zero attached hydrogens (tertiary/aromatic N) is 1. The summed E-state index contributed by atoms with van der Waals surface area (Å²) in [6, 6.07) is 2.37. The Bertz CT molecular complexity index is 378. The predicted molar refractivity (Wildman–Crippen MR) is 89.5 cm³/mol. The zero-order valence-corrected chi connectivity index (χ0v) is 15.2. The molecule has 0 aromatic heterocycles. The first-order valence-corrected chi connectivity index (χ1v) is 8.04. The highest BCUT2D eigenvalue weighted by Crippen LogP contribution is 2.21. The number of carbonyl (C=O) groups is 1. The van der Waals surface area contributed by atoms with Gasteiger partial charge in [-0.05, 0) is 38.5 Å². The van der Waals surface area contributed by atoms with Crippen LogP contribution in [0.2, 0.25) is 0 Å². The number of carbonyl (C=O) groups excluding carboxylic acids is 1. The molecule has 0 fully saturated rings. The first-order valence-electron chi connectivity index (χ1n) is 8.04. The third-order valence-corrected chi connectivity index (χ3v) is 3.43. The summed E-state index contributed by atoms with van der Waals surface area (Å²) in [6.07, 6.45) is 1.04. The molecule has 0 aliphatic rings. The molecular weight excluding hydrogens is 278 g/mol. The fraction of sp³-hybridized carbons (Fsp3) is 0.882. The van der Waals surface area contributed by atoms with Gasteiger partial charge in [-0.1, -0.05) is 27.7 Å². The molecule has 5 heteroatoms. The molecule has 0 heterocycles. The van der Waals surface area contributed by atoms with E-state index >= 15 is 0 Å². The third kappa shape index (κ3) is 10.4. The van der Waals surface area contributed by atoms with Crippen LogP contribution in [0.15, 0.2) is 0 Å². The van der Waals surface area contributed by atoms with Gasteiger partial charge in [0.25, 0.3) is 0 Å². The molecule has 0 radical (unpaired) electrons. The van der Waals surface area contributed by atoms with Crippen molar-refractivity contribution in [3.8, 4) is 6.07 Å². The van der Waals surface area contributed by atoms with Gasteiger partial charge in [-0.2, -0.15) is 5.26 Å². The lowest BCUT2D eigenvalue weighted by Gasteiger charge is -2.30. The van der Waals surface area contributed by atoms with E-state index in [1.165, 1.54) is 0 Å². The summed E-state index contributed by atoms with van der Waals surface area (Å²) in [7, 11) is 0. The van der Waals surface area contributed by atoms with Gasteiger partial charge >= 0.3 is 6.09 Å². The zero-order chi connectivity index (χ0) is 17.4. The topological polar surface area (TPSA) is 74.2 Å². The van der Waals surface area contributed by atoms with Crippen LogP contribution in [-0.2, 0) is 4.74 Å². The summed E-state index contributed by atoms with van der Waals surface area (Å²) >= 11 is 0. The van der Waals surface area contributed by atoms with Crippen molar-refractivity contribution in [2.75, 3.05) is 13.1 Å². The van der Waals surface area contributed by atoms with Gasteiger partial charge in [-0.3, -0.25) is 0 Å². The van der Waals surface area contributed by atoms with E-state index in [4.69, 9.17) is 10.00 Å². The summed E-state index contributed by atoms with van der Waals surface area (Å²) < 4.78 is 5.25. The number of alkyl carbamates (subject to hydrolysis) is 1. The number of ether oxygens (including phenoxy) is 1. The van der Waals surface area contributed by atoms with Crippen molar-refractivity contribution in [1.29, 1.82) is 5.26 Å². The average Bonchev–Trinajstić information content (AvgIpc) is 2.33. The molecule has 0 rings (SSSR count). The Kier molecular flexibility index (Phi) is 8.47. The van der Waals surface area contributed by atoms with Crippen LogP contribution in [0.25, 0.3) is 0 Å². The summed E-state index contributed by atoms with van der Waals surface area (Å²) in [5, 5.41) is 15.0. The Morgan fingerprint density at radius 3 is 2.27 bits per heavy atom. The van der Waals surface area contributed by atoms with Crippen molar-refractivity contribution >= 4 is 6.09 Å². The van der Waals surface area contributed by atoms with Crippen molar-refractivity contribution in [1.82, 2.24) is 10.6 Å². The lowest BCUT2D eigenvalue weighted by atomic mass is 9.87. The van der Waals surface area contributed by atoms with Crippen molar-refractivity contribution in [3.05, 3.63) is 0 Å². The molecule has 0 aromatic carbocycles. The average molecular weight is 311 g/mol. The van der Waals surface area contributed by atoms with Gasteiger partial charge in [0.15, 0.2) is 0 Å². The number of hydrogen-bond acceptors (Lipinski definition) is 4. The van der Waals surface area contributed by atoms with Crippen molar-refractivity contribution < 1.29 is 9.53 Å². The summed E-state index contributed by atoms with van der Waals surface area (Å²) in [4.78, 5) is 11.7. The van der Waals surface area contributed by atoms with Crippen LogP contribution >= 0.6 is 0 Å². The lowest BCUT2D eigenvalue weighted by Crippen LogP contribution is -2.47. The largest absolute Gasteiger partial charge is 0.444 e. The summed E-state index contributed by atoms with van der Waals surface area (Å²) in [6.45, 7) is 15.4. The minimum atomic E-state index is -0.482. The van der Waals surface area contributed by atoms with E-state index in [1.807, 2.05) is 20.8 Å². The molecule has 22 heavy (non-hydrogen) atoms. The molecule has 1 amide bonds. The minimum Gasteiger partial charge on any atom is -0.444 e. The highest BCUT2D eigenvalue weighted by atomic mass is 16.6. The van der Waals surface area contributed by atoms with E-state index in [1.54, 1.807) is 0 Å². The Morgan fingerprint density at radius 2 is 1.82 bits per heavy atom. The Hall–Kier alpha value is -1.28. The first kappa shape index (κ1) is 20.7. The fourth-order valence-corrected chi connectivity index (χ4v) is 1.94. The van der Waals surface area contributed by atoms with Gasteiger partial charge < -0.3 is 15.4 Å². The van der Waals surface area contributed by atoms with E-state index in [0.717, 1.165) is 13.0 Å². The lowest BCUT2D eigenvalue weighted by molar-refractivity contribution is 0.0518. The van der Waals surface area contributed by atoms with Crippen LogP contribution in [0.3, 0.4) is 0 Å². The van der Waals surface area contributed by atoms with Gasteiger partial charge in [-0.25, -0.2) is 4.79 Å². The standard InChI is InChI=1S/C17H33N3O2/c1-13(2)14(11-19-15(21)22-16(3,4)5)20-12-17(6,7)9-8-10-18/h13-14,20H,8-9,11-12H2,1-7H3,(H,19,21). The van der Waals surface area contributed by atoms with Crippen LogP contribution in [0.4, 0.5) is 4.79 Å². The molecule has 0 aliphatic heterocycles. The zero-order valence-electron chi connectivity index (χ0n) is 15.2. The van der Waals surface area contributed by atoms with Gasteiger partial charge in [0.05, 0.1) is 6.07 Å². The Balaban J connectivity index is 4.33. The third-order valence-electron chi connectivity index (χ3n) is 3.43. The molecule has 5 nitrogen and oxygen atoms in total. The van der Waals surface area contributed by atoms with Gasteiger partial charge in [0.1, 0.15) is 5.60 Å². The molecule has 0 saturated heterocycles. The normalized spacial score (nSPS) is 13.6. The number of nitriles is 1. The van der Waals surface area contributed by atoms with E-state index in [-0.39, 0.29) is 17.6 Å². The van der Waals surface area contributed by atoms with Crippen molar-refractivity contribution in [2.24, 2.45) is 11.3 Å². The van der Waals surface area contributed by atoms with E-state index < -0.39 is 5.60 Å². The van der Waals surface area contributed by atoms with Crippen LogP contribution in [0.1, 0.15) is 61.3 Å². The second-order valence-electron chi connectivity index (χ2n) is 7.94. The number of amides is 1. The molecule has 0 aromatic rings. The van der Waals surface area contributed by atoms with Crippen LogP contribution in [0, 0.1) is 22.7 Å². The second-order valence-corrected chi connectivity index (χ2v) is 7.94. The molecule has 128 valence electrons. The maximum Gasteiger partial charge on any atom is 0.407 e. The van der Waals surface area contributed by atoms with Crippen molar-refractivity contribution in [2.45, 2.75) is 73.0 Å². The van der Waals surface area contributed by atoms with Crippen LogP contribution < -0.4 is 10.6 Å². The van der Waals surface area contributed by atoms with E-state index in [9.17, 15) is 4.79 Å². The van der Waals surface area contributed by atoms with Crippen LogP contribution in [-0.4, -0.2) is 30.8 Å². The molecule has 2 N–H and O–H groups in total. The molecule has 0 aliphatic carbocycles. The molecule has 0 saturated carbocycles. The number of hydrogen-bond donors (Lipinski definition) is 2. The van der Waals surface area contributed by atoms with E-state index in [2.05, 4.69) is 44.4 Å². The maximum atomic E-state index is 11.7.